The number of fused-ring (bicyclic) bond motifs is 3. The summed E-state index contributed by atoms with van der Waals surface area (Å²) in [7, 11) is 0. The molecule has 0 amide bonds. The normalized spacial score (nSPS) is 12.1. The lowest BCUT2D eigenvalue weighted by Gasteiger charge is -2.18. The van der Waals surface area contributed by atoms with Crippen molar-refractivity contribution in [2.75, 3.05) is 0 Å². The molecule has 0 aliphatic carbocycles. The number of thiophene rings is 1. The van der Waals surface area contributed by atoms with E-state index in [2.05, 4.69) is 124 Å². The first kappa shape index (κ1) is 21.2. The molecular weight excluding hydrogens is 416 g/mol. The van der Waals surface area contributed by atoms with Crippen LogP contribution in [-0.4, -0.2) is 0 Å². The first-order valence-corrected chi connectivity index (χ1v) is 12.1. The fraction of sp³-hybridized carbons (Fsp3) is 0.0625. The highest BCUT2D eigenvalue weighted by atomic mass is 32.1. The topological polar surface area (TPSA) is 0 Å². The largest absolute Gasteiger partial charge is 0.139 e. The molecule has 0 fully saturated rings. The van der Waals surface area contributed by atoms with E-state index in [1.807, 2.05) is 17.4 Å². The summed E-state index contributed by atoms with van der Waals surface area (Å²) in [5.41, 5.74) is 7.60. The molecule has 33 heavy (non-hydrogen) atoms. The van der Waals surface area contributed by atoms with Crippen LogP contribution in [0.4, 0.5) is 0 Å². The van der Waals surface area contributed by atoms with Crippen molar-refractivity contribution in [1.82, 2.24) is 0 Å². The molecule has 0 aliphatic rings. The van der Waals surface area contributed by atoms with Gasteiger partial charge in [-0.25, -0.2) is 0 Å². The lowest BCUT2D eigenvalue weighted by atomic mass is 9.86. The van der Waals surface area contributed by atoms with Crippen molar-refractivity contribution >= 4 is 37.8 Å². The molecule has 1 heterocycles. The Bertz CT molecular complexity index is 1510. The maximum Gasteiger partial charge on any atom is 0.0443 e. The minimum absolute atomic E-state index is 1.18. The van der Waals surface area contributed by atoms with Gasteiger partial charge in [-0.15, -0.1) is 11.3 Å². The van der Waals surface area contributed by atoms with Gasteiger partial charge >= 0.3 is 0 Å². The molecule has 0 saturated heterocycles. The van der Waals surface area contributed by atoms with E-state index in [9.17, 15) is 0 Å². The lowest BCUT2D eigenvalue weighted by Crippen LogP contribution is -1.93. The van der Waals surface area contributed by atoms with Crippen LogP contribution in [0.2, 0.25) is 0 Å². The molecule has 4 aromatic carbocycles. The highest BCUT2D eigenvalue weighted by Crippen LogP contribution is 2.50. The van der Waals surface area contributed by atoms with E-state index in [-0.39, 0.29) is 0 Å². The van der Waals surface area contributed by atoms with Crippen LogP contribution >= 0.6 is 11.3 Å². The van der Waals surface area contributed by atoms with Crippen LogP contribution < -0.4 is 0 Å². The zero-order valence-corrected chi connectivity index (χ0v) is 19.8. The van der Waals surface area contributed by atoms with Crippen LogP contribution in [-0.2, 0) is 0 Å². The third-order valence-corrected chi connectivity index (χ3v) is 7.21. The predicted octanol–water partition coefficient (Wildman–Crippen LogP) is 9.84. The summed E-state index contributed by atoms with van der Waals surface area (Å²) in [6, 6.07) is 30.4. The van der Waals surface area contributed by atoms with Gasteiger partial charge in [0.05, 0.1) is 0 Å². The first-order chi connectivity index (χ1) is 16.2. The number of allylic oxidation sites excluding steroid dienone is 5. The fourth-order valence-electron chi connectivity index (χ4n) is 4.81. The molecule has 0 atom stereocenters. The smallest absolute Gasteiger partial charge is 0.0443 e. The Morgan fingerprint density at radius 1 is 0.758 bits per heavy atom. The van der Waals surface area contributed by atoms with Gasteiger partial charge in [0.1, 0.15) is 0 Å². The van der Waals surface area contributed by atoms with Crippen molar-refractivity contribution in [3.63, 3.8) is 0 Å². The number of benzene rings is 4. The van der Waals surface area contributed by atoms with E-state index in [1.54, 1.807) is 0 Å². The summed E-state index contributed by atoms with van der Waals surface area (Å²) in [5.74, 6) is 0. The molecule has 160 valence electrons. The number of rotatable bonds is 5. The van der Waals surface area contributed by atoms with Gasteiger partial charge in [-0.3, -0.25) is 0 Å². The maximum absolute atomic E-state index is 4.00. The summed E-state index contributed by atoms with van der Waals surface area (Å²) in [6.45, 7) is 8.33. The van der Waals surface area contributed by atoms with Gasteiger partial charge in [-0.2, -0.15) is 0 Å². The van der Waals surface area contributed by atoms with Crippen molar-refractivity contribution in [3.8, 4) is 22.3 Å². The summed E-state index contributed by atoms with van der Waals surface area (Å²) in [5, 5.41) is 3.91. The zero-order chi connectivity index (χ0) is 22.8. The Balaban J connectivity index is 2.06. The summed E-state index contributed by atoms with van der Waals surface area (Å²) in [6.07, 6.45) is 8.31. The molecule has 0 N–H and O–H groups in total. The van der Waals surface area contributed by atoms with Gasteiger partial charge in [-0.05, 0) is 46.9 Å². The third-order valence-electron chi connectivity index (χ3n) is 6.08. The van der Waals surface area contributed by atoms with Crippen LogP contribution in [0.3, 0.4) is 0 Å². The van der Waals surface area contributed by atoms with E-state index in [1.165, 1.54) is 59.1 Å². The van der Waals surface area contributed by atoms with Crippen molar-refractivity contribution in [2.45, 2.75) is 13.8 Å². The molecule has 0 nitrogen and oxygen atoms in total. The molecule has 0 spiro atoms. The molecule has 1 heteroatoms. The average molecular weight is 443 g/mol. The standard InChI is InChI=1S/C32H26S/c1-4-14-23(15-5-2)29-26-20-12-13-21-27(26)31-28(24-16-8-6-9-17-24)22(3)33-32(31)30(29)25-18-10-7-11-19-25/h4-21H,1H2,2-3H3/b15-5-,23-14+. The predicted molar refractivity (Wildman–Crippen MR) is 148 cm³/mol. The Kier molecular flexibility index (Phi) is 5.81. The highest BCUT2D eigenvalue weighted by molar-refractivity contribution is 7.20. The van der Waals surface area contributed by atoms with Crippen molar-refractivity contribution in [1.29, 1.82) is 0 Å². The van der Waals surface area contributed by atoms with E-state index in [4.69, 9.17) is 0 Å². The molecule has 0 unspecified atom stereocenters. The quantitative estimate of drug-likeness (QED) is 0.238. The summed E-state index contributed by atoms with van der Waals surface area (Å²) >= 11 is 1.90. The van der Waals surface area contributed by atoms with Crippen LogP contribution in [0.5, 0.6) is 0 Å². The fourth-order valence-corrected chi connectivity index (χ4v) is 6.07. The number of hydrogen-bond donors (Lipinski definition) is 0. The molecule has 0 aliphatic heterocycles. The second kappa shape index (κ2) is 9.05. The molecule has 5 rings (SSSR count). The number of hydrogen-bond acceptors (Lipinski definition) is 1. The average Bonchev–Trinajstić information content (AvgIpc) is 3.21. The monoisotopic (exact) mass is 442 g/mol. The Labute approximate surface area is 199 Å². The molecule has 1 aromatic heterocycles. The van der Waals surface area contributed by atoms with Gasteiger partial charge in [-0.1, -0.05) is 116 Å². The Hall–Kier alpha value is -3.68. The van der Waals surface area contributed by atoms with E-state index in [0.717, 1.165) is 0 Å². The van der Waals surface area contributed by atoms with E-state index < -0.39 is 0 Å². The van der Waals surface area contributed by atoms with Gasteiger partial charge in [0.25, 0.3) is 0 Å². The van der Waals surface area contributed by atoms with Crippen molar-refractivity contribution in [2.24, 2.45) is 0 Å². The van der Waals surface area contributed by atoms with Crippen LogP contribution in [0.25, 0.3) is 48.7 Å². The van der Waals surface area contributed by atoms with Crippen molar-refractivity contribution < 1.29 is 0 Å². The molecule has 5 aromatic rings. The van der Waals surface area contributed by atoms with Gasteiger partial charge < -0.3 is 0 Å². The van der Waals surface area contributed by atoms with Crippen LogP contribution in [0, 0.1) is 6.92 Å². The molecule has 0 saturated carbocycles. The minimum Gasteiger partial charge on any atom is -0.139 e. The highest BCUT2D eigenvalue weighted by Gasteiger charge is 2.23. The van der Waals surface area contributed by atoms with Gasteiger partial charge in [0, 0.05) is 26.1 Å². The zero-order valence-electron chi connectivity index (χ0n) is 19.0. The molecule has 0 bridgehead atoms. The van der Waals surface area contributed by atoms with Crippen LogP contribution in [0.15, 0.2) is 116 Å². The Morgan fingerprint density at radius 2 is 1.33 bits per heavy atom. The Morgan fingerprint density at radius 3 is 1.94 bits per heavy atom. The molecular formula is C32H26S. The van der Waals surface area contributed by atoms with Gasteiger partial charge in [0.15, 0.2) is 0 Å². The van der Waals surface area contributed by atoms with Crippen LogP contribution in [0.1, 0.15) is 17.4 Å². The second-order valence-corrected chi connectivity index (χ2v) is 9.35. The summed E-state index contributed by atoms with van der Waals surface area (Å²) in [4.78, 5) is 1.34. The van der Waals surface area contributed by atoms with Crippen molar-refractivity contribution in [3.05, 3.63) is 126 Å². The SMILES string of the molecule is C=C/C=C(\C=C/C)c1c(-c2ccccc2)c2sc(C)c(-c3ccccc3)c2c2ccccc12. The minimum atomic E-state index is 1.18. The maximum atomic E-state index is 4.00. The summed E-state index contributed by atoms with van der Waals surface area (Å²) < 4.78 is 1.34. The molecule has 0 radical (unpaired) electrons. The first-order valence-electron chi connectivity index (χ1n) is 11.3. The second-order valence-electron chi connectivity index (χ2n) is 8.12. The number of aryl methyl sites for hydroxylation is 1. The lowest BCUT2D eigenvalue weighted by molar-refractivity contribution is 1.60. The third kappa shape index (κ3) is 3.65. The van der Waals surface area contributed by atoms with Gasteiger partial charge in [0.2, 0.25) is 0 Å². The van der Waals surface area contributed by atoms with E-state index in [0.29, 0.717) is 0 Å². The van der Waals surface area contributed by atoms with E-state index >= 15 is 0 Å².